The number of ether oxygens (including phenoxy) is 1. The summed E-state index contributed by atoms with van der Waals surface area (Å²) in [5, 5.41) is 2.97. The van der Waals surface area contributed by atoms with Gasteiger partial charge in [0.1, 0.15) is 11.6 Å². The third-order valence-corrected chi connectivity index (χ3v) is 5.66. The highest BCUT2D eigenvalue weighted by atomic mass is 19.1. The number of nitrogens with one attached hydrogen (secondary N) is 1. The molecule has 0 bridgehead atoms. The molecule has 1 atom stereocenters. The van der Waals surface area contributed by atoms with Gasteiger partial charge >= 0.3 is 0 Å². The van der Waals surface area contributed by atoms with E-state index in [0.717, 1.165) is 43.5 Å². The van der Waals surface area contributed by atoms with Gasteiger partial charge in [-0.1, -0.05) is 12.1 Å². The van der Waals surface area contributed by atoms with E-state index in [1.807, 2.05) is 17.0 Å². The van der Waals surface area contributed by atoms with E-state index in [4.69, 9.17) is 4.74 Å². The van der Waals surface area contributed by atoms with Crippen LogP contribution in [0, 0.1) is 11.7 Å². The summed E-state index contributed by atoms with van der Waals surface area (Å²) in [5.41, 5.74) is 1.47. The first-order valence-corrected chi connectivity index (χ1v) is 10.6. The van der Waals surface area contributed by atoms with Crippen LogP contribution in [-0.2, 0) is 11.2 Å². The van der Waals surface area contributed by atoms with E-state index in [9.17, 15) is 14.0 Å². The van der Waals surface area contributed by atoms with Gasteiger partial charge in [-0.15, -0.1) is 0 Å². The van der Waals surface area contributed by atoms with Crippen LogP contribution in [0.1, 0.15) is 41.6 Å². The van der Waals surface area contributed by atoms with Crippen molar-refractivity contribution in [2.45, 2.75) is 38.1 Å². The lowest BCUT2D eigenvalue weighted by molar-refractivity contribution is -0.132. The third-order valence-electron chi connectivity index (χ3n) is 5.66. The summed E-state index contributed by atoms with van der Waals surface area (Å²) in [6.45, 7) is 1.96. The highest BCUT2D eigenvalue weighted by molar-refractivity contribution is 5.94. The Balaban J connectivity index is 1.25. The molecule has 2 amide bonds. The lowest BCUT2D eigenvalue weighted by atomic mass is 9.98. The van der Waals surface area contributed by atoms with E-state index < -0.39 is 0 Å². The van der Waals surface area contributed by atoms with Gasteiger partial charge in [0, 0.05) is 30.6 Å². The van der Waals surface area contributed by atoms with Gasteiger partial charge in [-0.3, -0.25) is 9.59 Å². The zero-order valence-corrected chi connectivity index (χ0v) is 17.0. The molecule has 0 aromatic heterocycles. The number of carbonyl (C=O) groups excluding carboxylic acids is 2. The molecule has 5 nitrogen and oxygen atoms in total. The van der Waals surface area contributed by atoms with Crippen LogP contribution < -0.4 is 10.1 Å². The van der Waals surface area contributed by atoms with Crippen LogP contribution in [0.15, 0.2) is 48.5 Å². The maximum absolute atomic E-state index is 13.0. The molecule has 1 heterocycles. The maximum atomic E-state index is 13.0. The van der Waals surface area contributed by atoms with Crippen LogP contribution in [-0.4, -0.2) is 42.5 Å². The maximum Gasteiger partial charge on any atom is 0.251 e. The summed E-state index contributed by atoms with van der Waals surface area (Å²) in [7, 11) is 0. The fourth-order valence-electron chi connectivity index (χ4n) is 3.73. The molecule has 1 saturated heterocycles. The van der Waals surface area contributed by atoms with E-state index in [2.05, 4.69) is 5.32 Å². The average molecular weight is 410 g/mol. The number of benzene rings is 2. The second kappa shape index (κ2) is 9.28. The zero-order valence-electron chi connectivity index (χ0n) is 17.0. The number of hydrogen-bond acceptors (Lipinski definition) is 3. The first kappa shape index (κ1) is 20.4. The highest BCUT2D eigenvalue weighted by Gasteiger charge is 2.25. The topological polar surface area (TPSA) is 58.6 Å². The minimum atomic E-state index is -0.294. The van der Waals surface area contributed by atoms with Crippen LogP contribution >= 0.6 is 0 Å². The minimum Gasteiger partial charge on any atom is -0.493 e. The van der Waals surface area contributed by atoms with Gasteiger partial charge in [0.05, 0.1) is 13.0 Å². The lowest BCUT2D eigenvalue weighted by Crippen LogP contribution is -2.42. The summed E-state index contributed by atoms with van der Waals surface area (Å²) >= 11 is 0. The molecule has 30 heavy (non-hydrogen) atoms. The molecular weight excluding hydrogens is 383 g/mol. The smallest absolute Gasteiger partial charge is 0.251 e. The second-order valence-corrected chi connectivity index (χ2v) is 8.23. The molecule has 6 heteroatoms. The Morgan fingerprint density at radius 3 is 2.47 bits per heavy atom. The van der Waals surface area contributed by atoms with Crippen molar-refractivity contribution < 1.29 is 18.7 Å². The molecule has 2 aromatic carbocycles. The second-order valence-electron chi connectivity index (χ2n) is 8.23. The van der Waals surface area contributed by atoms with Crippen molar-refractivity contribution in [3.05, 3.63) is 65.5 Å². The zero-order chi connectivity index (χ0) is 20.9. The summed E-state index contributed by atoms with van der Waals surface area (Å²) in [6, 6.07) is 13.6. The van der Waals surface area contributed by atoms with Gasteiger partial charge in [-0.2, -0.15) is 0 Å². The quantitative estimate of drug-likeness (QED) is 0.759. The Hall–Kier alpha value is -2.89. The van der Waals surface area contributed by atoms with Gasteiger partial charge in [0.25, 0.3) is 5.91 Å². The van der Waals surface area contributed by atoms with Crippen molar-refractivity contribution in [2.75, 3.05) is 19.7 Å². The lowest BCUT2D eigenvalue weighted by Gasteiger charge is -2.32. The van der Waals surface area contributed by atoms with E-state index in [-0.39, 0.29) is 30.0 Å². The van der Waals surface area contributed by atoms with Gasteiger partial charge in [-0.25, -0.2) is 4.39 Å². The standard InChI is InChI=1S/C24H27FN2O3/c25-20-7-3-17(4-8-20)14-23(28)27-13-1-2-18(15-27)16-30-22-11-5-19(6-12-22)24(29)26-21-9-10-21/h3-8,11-12,18,21H,1-2,9-10,13-16H2,(H,26,29). The number of amides is 2. The highest BCUT2D eigenvalue weighted by Crippen LogP contribution is 2.22. The Labute approximate surface area is 176 Å². The van der Waals surface area contributed by atoms with Crippen LogP contribution in [0.3, 0.4) is 0 Å². The molecule has 1 aliphatic heterocycles. The van der Waals surface area contributed by atoms with Crippen LogP contribution in [0.2, 0.25) is 0 Å². The molecule has 4 rings (SSSR count). The van der Waals surface area contributed by atoms with Gasteiger partial charge in [0.2, 0.25) is 5.91 Å². The molecule has 2 fully saturated rings. The molecule has 158 valence electrons. The number of halogens is 1. The van der Waals surface area contributed by atoms with Crippen molar-refractivity contribution in [1.82, 2.24) is 10.2 Å². The fourth-order valence-corrected chi connectivity index (χ4v) is 3.73. The van der Waals surface area contributed by atoms with Crippen molar-refractivity contribution in [3.8, 4) is 5.75 Å². The molecule has 0 spiro atoms. The van der Waals surface area contributed by atoms with Crippen molar-refractivity contribution in [1.29, 1.82) is 0 Å². The van der Waals surface area contributed by atoms with Crippen molar-refractivity contribution in [2.24, 2.45) is 5.92 Å². The molecule has 1 N–H and O–H groups in total. The Morgan fingerprint density at radius 2 is 1.77 bits per heavy atom. The average Bonchev–Trinajstić information content (AvgIpc) is 3.58. The first-order valence-electron chi connectivity index (χ1n) is 10.6. The molecule has 1 saturated carbocycles. The number of likely N-dealkylation sites (tertiary alicyclic amines) is 1. The molecule has 0 radical (unpaired) electrons. The van der Waals surface area contributed by atoms with Crippen LogP contribution in [0.25, 0.3) is 0 Å². The van der Waals surface area contributed by atoms with Crippen molar-refractivity contribution >= 4 is 11.8 Å². The molecule has 1 unspecified atom stereocenters. The Kier molecular flexibility index (Phi) is 6.31. The van der Waals surface area contributed by atoms with Crippen LogP contribution in [0.5, 0.6) is 5.75 Å². The number of carbonyl (C=O) groups is 2. The largest absolute Gasteiger partial charge is 0.493 e. The molecule has 2 aromatic rings. The van der Waals surface area contributed by atoms with Crippen molar-refractivity contribution in [3.63, 3.8) is 0 Å². The third kappa shape index (κ3) is 5.59. The first-order chi connectivity index (χ1) is 14.6. The van der Waals surface area contributed by atoms with Gasteiger partial charge < -0.3 is 15.0 Å². The number of nitrogens with zero attached hydrogens (tertiary/aromatic N) is 1. The summed E-state index contributed by atoms with van der Waals surface area (Å²) < 4.78 is 19.0. The molecule has 1 aliphatic carbocycles. The van der Waals surface area contributed by atoms with E-state index in [1.54, 1.807) is 24.3 Å². The van der Waals surface area contributed by atoms with Gasteiger partial charge in [0.15, 0.2) is 0 Å². The van der Waals surface area contributed by atoms with E-state index in [0.29, 0.717) is 24.8 Å². The van der Waals surface area contributed by atoms with Crippen LogP contribution in [0.4, 0.5) is 4.39 Å². The minimum absolute atomic E-state index is 0.0355. The monoisotopic (exact) mass is 410 g/mol. The normalized spacial score (nSPS) is 18.7. The predicted molar refractivity (Wildman–Crippen MR) is 112 cm³/mol. The fraction of sp³-hybridized carbons (Fsp3) is 0.417. The SMILES string of the molecule is O=C(NC1CC1)c1ccc(OCC2CCCN(C(=O)Cc3ccc(F)cc3)C2)cc1. The Bertz CT molecular complexity index is 878. The summed E-state index contributed by atoms with van der Waals surface area (Å²) in [5.74, 6) is 0.739. The predicted octanol–water partition coefficient (Wildman–Crippen LogP) is 3.58. The Morgan fingerprint density at radius 1 is 1.03 bits per heavy atom. The molecule has 2 aliphatic rings. The number of piperidine rings is 1. The number of hydrogen-bond donors (Lipinski definition) is 1. The summed E-state index contributed by atoms with van der Waals surface area (Å²) in [6.07, 6.45) is 4.39. The van der Waals surface area contributed by atoms with Gasteiger partial charge in [-0.05, 0) is 67.6 Å². The number of rotatable bonds is 7. The summed E-state index contributed by atoms with van der Waals surface area (Å²) in [4.78, 5) is 26.5. The van der Waals surface area contributed by atoms with E-state index >= 15 is 0 Å². The van der Waals surface area contributed by atoms with E-state index in [1.165, 1.54) is 12.1 Å². The molecular formula is C24H27FN2O3.